The zero-order valence-electron chi connectivity index (χ0n) is 20.4. The van der Waals surface area contributed by atoms with E-state index in [1.54, 1.807) is 18.2 Å². The predicted molar refractivity (Wildman–Crippen MR) is 149 cm³/mol. The molecule has 2 N–H and O–H groups in total. The topological polar surface area (TPSA) is 100 Å². The fourth-order valence-electron chi connectivity index (χ4n) is 3.38. The van der Waals surface area contributed by atoms with E-state index in [4.69, 9.17) is 9.47 Å². The molecule has 184 valence electrons. The third-order valence-corrected chi connectivity index (χ3v) is 6.14. The SMILES string of the molecule is COc1cc(/C=C(/C#N)C(=O)Nc2ccccc2C)cc(I)c1OCC(=O)Nc1cc(C)ccc1C. The summed E-state index contributed by atoms with van der Waals surface area (Å²) in [6, 6.07) is 18.5. The average molecular weight is 595 g/mol. The molecule has 3 rings (SSSR count). The van der Waals surface area contributed by atoms with Crippen LogP contribution in [-0.4, -0.2) is 25.5 Å². The Balaban J connectivity index is 1.76. The summed E-state index contributed by atoms with van der Waals surface area (Å²) in [5, 5.41) is 15.2. The molecule has 0 aliphatic rings. The Morgan fingerprint density at radius 2 is 1.72 bits per heavy atom. The summed E-state index contributed by atoms with van der Waals surface area (Å²) < 4.78 is 11.9. The van der Waals surface area contributed by atoms with Gasteiger partial charge in [0.15, 0.2) is 18.1 Å². The molecule has 0 aromatic heterocycles. The van der Waals surface area contributed by atoms with E-state index < -0.39 is 5.91 Å². The molecule has 0 spiro atoms. The highest BCUT2D eigenvalue weighted by Crippen LogP contribution is 2.34. The van der Waals surface area contributed by atoms with Crippen LogP contribution in [-0.2, 0) is 9.59 Å². The number of hydrogen-bond acceptors (Lipinski definition) is 5. The smallest absolute Gasteiger partial charge is 0.266 e. The second-order valence-corrected chi connectivity index (χ2v) is 9.29. The van der Waals surface area contributed by atoms with Gasteiger partial charge in [0.25, 0.3) is 11.8 Å². The monoisotopic (exact) mass is 595 g/mol. The second-order valence-electron chi connectivity index (χ2n) is 8.13. The minimum atomic E-state index is -0.510. The zero-order valence-corrected chi connectivity index (χ0v) is 22.6. The van der Waals surface area contributed by atoms with Gasteiger partial charge >= 0.3 is 0 Å². The highest BCUT2D eigenvalue weighted by atomic mass is 127. The number of benzene rings is 3. The van der Waals surface area contributed by atoms with E-state index in [1.807, 2.05) is 63.2 Å². The van der Waals surface area contributed by atoms with Crippen molar-refractivity contribution >= 4 is 51.9 Å². The van der Waals surface area contributed by atoms with Crippen LogP contribution < -0.4 is 20.1 Å². The van der Waals surface area contributed by atoms with Crippen LogP contribution in [0.2, 0.25) is 0 Å². The first-order chi connectivity index (χ1) is 17.2. The first-order valence-electron chi connectivity index (χ1n) is 11.1. The van der Waals surface area contributed by atoms with Crippen molar-refractivity contribution in [3.05, 3.63) is 86.0 Å². The van der Waals surface area contributed by atoms with Crippen molar-refractivity contribution in [3.63, 3.8) is 0 Å². The van der Waals surface area contributed by atoms with Gasteiger partial charge in [-0.15, -0.1) is 0 Å². The van der Waals surface area contributed by atoms with Gasteiger partial charge in [-0.1, -0.05) is 30.3 Å². The van der Waals surface area contributed by atoms with Gasteiger partial charge in [-0.3, -0.25) is 9.59 Å². The van der Waals surface area contributed by atoms with E-state index >= 15 is 0 Å². The van der Waals surface area contributed by atoms with Crippen LogP contribution in [0.25, 0.3) is 6.08 Å². The molecule has 0 bridgehead atoms. The van der Waals surface area contributed by atoms with Crippen LogP contribution in [0.5, 0.6) is 11.5 Å². The van der Waals surface area contributed by atoms with Crippen LogP contribution in [0.4, 0.5) is 11.4 Å². The summed E-state index contributed by atoms with van der Waals surface area (Å²) in [5.41, 5.74) is 4.79. The van der Waals surface area contributed by atoms with Gasteiger partial charge in [0, 0.05) is 11.4 Å². The van der Waals surface area contributed by atoms with Crippen molar-refractivity contribution in [1.82, 2.24) is 0 Å². The molecule has 0 unspecified atom stereocenters. The standard InChI is InChI=1S/C28H26IN3O4/c1-17-9-10-19(3)24(11-17)31-26(33)16-36-27-22(29)13-20(14-25(27)35-4)12-21(15-30)28(34)32-23-8-6-5-7-18(23)2/h5-14H,16H2,1-4H3,(H,31,33)(H,32,34)/b21-12-. The van der Waals surface area contributed by atoms with Gasteiger partial charge in [-0.25, -0.2) is 0 Å². The molecule has 2 amide bonds. The molecule has 0 atom stereocenters. The van der Waals surface area contributed by atoms with Crippen LogP contribution in [0, 0.1) is 35.7 Å². The number of aryl methyl sites for hydroxylation is 3. The quantitative estimate of drug-likeness (QED) is 0.195. The lowest BCUT2D eigenvalue weighted by atomic mass is 10.1. The number of ether oxygens (including phenoxy) is 2. The number of halogens is 1. The van der Waals surface area contributed by atoms with Gasteiger partial charge in [0.1, 0.15) is 11.6 Å². The molecule has 0 saturated heterocycles. The summed E-state index contributed by atoms with van der Waals surface area (Å²) in [6.45, 7) is 5.54. The molecule has 0 radical (unpaired) electrons. The first-order valence-corrected chi connectivity index (χ1v) is 12.2. The molecule has 36 heavy (non-hydrogen) atoms. The fraction of sp³-hybridized carbons (Fsp3) is 0.179. The van der Waals surface area contributed by atoms with Crippen LogP contribution in [0.1, 0.15) is 22.3 Å². The molecule has 0 aliphatic carbocycles. The summed E-state index contributed by atoms with van der Waals surface area (Å²) in [4.78, 5) is 25.2. The number of nitrogens with zero attached hydrogens (tertiary/aromatic N) is 1. The Bertz CT molecular complexity index is 1380. The van der Waals surface area contributed by atoms with Gasteiger partial charge in [0.2, 0.25) is 0 Å². The highest BCUT2D eigenvalue weighted by Gasteiger charge is 2.16. The molecule has 8 heteroatoms. The predicted octanol–water partition coefficient (Wildman–Crippen LogP) is 5.79. The Labute approximate surface area is 224 Å². The van der Waals surface area contributed by atoms with Crippen LogP contribution in [0.3, 0.4) is 0 Å². The lowest BCUT2D eigenvalue weighted by molar-refractivity contribution is -0.118. The summed E-state index contributed by atoms with van der Waals surface area (Å²) in [7, 11) is 1.48. The number of carbonyl (C=O) groups excluding carboxylic acids is 2. The van der Waals surface area contributed by atoms with Crippen molar-refractivity contribution < 1.29 is 19.1 Å². The van der Waals surface area contributed by atoms with E-state index in [0.717, 1.165) is 22.4 Å². The van der Waals surface area contributed by atoms with Gasteiger partial charge < -0.3 is 20.1 Å². The molecule has 0 aliphatic heterocycles. The second kappa shape index (κ2) is 12.2. The molecule has 0 fully saturated rings. The van der Waals surface area contributed by atoms with E-state index in [9.17, 15) is 14.9 Å². The highest BCUT2D eigenvalue weighted by molar-refractivity contribution is 14.1. The van der Waals surface area contributed by atoms with E-state index in [-0.39, 0.29) is 18.1 Å². The molecular formula is C28H26IN3O4. The van der Waals surface area contributed by atoms with Crippen molar-refractivity contribution in [2.24, 2.45) is 0 Å². The Morgan fingerprint density at radius 1 is 1.00 bits per heavy atom. The normalized spacial score (nSPS) is 10.8. The van der Waals surface area contributed by atoms with Gasteiger partial charge in [0.05, 0.1) is 10.7 Å². The lowest BCUT2D eigenvalue weighted by Crippen LogP contribution is -2.21. The molecular weight excluding hydrogens is 569 g/mol. The Hall–Kier alpha value is -3.84. The maximum Gasteiger partial charge on any atom is 0.266 e. The number of rotatable bonds is 8. The summed E-state index contributed by atoms with van der Waals surface area (Å²) >= 11 is 2.06. The fourth-order valence-corrected chi connectivity index (χ4v) is 4.16. The number of anilines is 2. The van der Waals surface area contributed by atoms with Crippen LogP contribution in [0.15, 0.2) is 60.2 Å². The minimum Gasteiger partial charge on any atom is -0.493 e. The van der Waals surface area contributed by atoms with Gasteiger partial charge in [-0.05, 0) is 96.0 Å². The molecule has 0 saturated carbocycles. The Morgan fingerprint density at radius 3 is 2.42 bits per heavy atom. The first kappa shape index (κ1) is 26.8. The van der Waals surface area contributed by atoms with Crippen LogP contribution >= 0.6 is 22.6 Å². The summed E-state index contributed by atoms with van der Waals surface area (Å²) in [5.74, 6) is -0.0343. The lowest BCUT2D eigenvalue weighted by Gasteiger charge is -2.14. The molecule has 7 nitrogen and oxygen atoms in total. The molecule has 0 heterocycles. The zero-order chi connectivity index (χ0) is 26.2. The van der Waals surface area contributed by atoms with E-state index in [2.05, 4.69) is 33.2 Å². The molecule has 3 aromatic carbocycles. The third-order valence-electron chi connectivity index (χ3n) is 5.34. The maximum atomic E-state index is 12.7. The van der Waals surface area contributed by atoms with Crippen molar-refractivity contribution in [2.75, 3.05) is 24.4 Å². The number of nitriles is 1. The average Bonchev–Trinajstić information content (AvgIpc) is 2.85. The van der Waals surface area contributed by atoms with Crippen molar-refractivity contribution in [3.8, 4) is 17.6 Å². The van der Waals surface area contributed by atoms with Gasteiger partial charge in [-0.2, -0.15) is 5.26 Å². The number of hydrogen-bond donors (Lipinski definition) is 2. The van der Waals surface area contributed by atoms with E-state index in [0.29, 0.717) is 26.3 Å². The minimum absolute atomic E-state index is 0.0577. The number of amides is 2. The van der Waals surface area contributed by atoms with Crippen molar-refractivity contribution in [1.29, 1.82) is 5.26 Å². The number of methoxy groups -OCH3 is 1. The Kier molecular flexibility index (Phi) is 9.08. The largest absolute Gasteiger partial charge is 0.493 e. The van der Waals surface area contributed by atoms with Crippen molar-refractivity contribution in [2.45, 2.75) is 20.8 Å². The summed E-state index contributed by atoms with van der Waals surface area (Å²) in [6.07, 6.45) is 1.48. The number of carbonyl (C=O) groups is 2. The number of nitrogens with one attached hydrogen (secondary N) is 2. The van der Waals surface area contributed by atoms with E-state index in [1.165, 1.54) is 13.2 Å². The third kappa shape index (κ3) is 6.86. The molecule has 3 aromatic rings. The maximum absolute atomic E-state index is 12.7. The number of para-hydroxylation sites is 1.